The van der Waals surface area contributed by atoms with Gasteiger partial charge in [0.15, 0.2) is 0 Å². The van der Waals surface area contributed by atoms with Crippen molar-refractivity contribution in [2.45, 2.75) is 34.1 Å². The third kappa shape index (κ3) is 4.12. The third-order valence-electron chi connectivity index (χ3n) is 1.92. The number of allylic oxidation sites excluding steroid dienone is 2. The van der Waals surface area contributed by atoms with Gasteiger partial charge >= 0.3 is 0 Å². The second-order valence-corrected chi connectivity index (χ2v) is 3.20. The zero-order valence-electron chi connectivity index (χ0n) is 8.59. The summed E-state index contributed by atoms with van der Waals surface area (Å²) in [5.41, 5.74) is 2.48. The highest BCUT2D eigenvalue weighted by Crippen LogP contribution is 2.08. The molecule has 68 valence electrons. The minimum absolute atomic E-state index is 0.603. The summed E-state index contributed by atoms with van der Waals surface area (Å²) in [4.78, 5) is 4.17. The lowest BCUT2D eigenvalue weighted by Gasteiger charge is -2.04. The smallest absolute Gasteiger partial charge is 0.0400 e. The highest BCUT2D eigenvalue weighted by atomic mass is 14.7. The van der Waals surface area contributed by atoms with Crippen molar-refractivity contribution >= 4 is 5.71 Å². The monoisotopic (exact) mass is 165 g/mol. The Morgan fingerprint density at radius 2 is 2.08 bits per heavy atom. The molecule has 0 aliphatic carbocycles. The lowest BCUT2D eigenvalue weighted by Crippen LogP contribution is -1.96. The summed E-state index contributed by atoms with van der Waals surface area (Å²) in [5, 5.41) is 0. The molecule has 0 fully saturated rings. The van der Waals surface area contributed by atoms with Crippen LogP contribution in [0, 0.1) is 5.92 Å². The Kier molecular flexibility index (Phi) is 5.35. The summed E-state index contributed by atoms with van der Waals surface area (Å²) in [5.74, 6) is 0.603. The van der Waals surface area contributed by atoms with Crippen LogP contribution in [-0.4, -0.2) is 5.71 Å². The van der Waals surface area contributed by atoms with Gasteiger partial charge in [0.2, 0.25) is 0 Å². The molecule has 0 atom stereocenters. The van der Waals surface area contributed by atoms with E-state index in [0.717, 1.165) is 12.1 Å². The average molecular weight is 165 g/mol. The topological polar surface area (TPSA) is 12.4 Å². The van der Waals surface area contributed by atoms with Gasteiger partial charge in [0, 0.05) is 11.9 Å². The molecule has 0 rings (SSSR count). The predicted molar refractivity (Wildman–Crippen MR) is 56.5 cm³/mol. The SMILES string of the molecule is C=CN=C(/C=C(\C)C(C)C)CC. The van der Waals surface area contributed by atoms with Crippen molar-refractivity contribution in [2.75, 3.05) is 0 Å². The van der Waals surface area contributed by atoms with Crippen LogP contribution < -0.4 is 0 Å². The summed E-state index contributed by atoms with van der Waals surface area (Å²) < 4.78 is 0. The van der Waals surface area contributed by atoms with Crippen LogP contribution in [0.5, 0.6) is 0 Å². The molecule has 0 bridgehead atoms. The maximum atomic E-state index is 4.17. The molecule has 0 unspecified atom stereocenters. The molecule has 0 aromatic rings. The van der Waals surface area contributed by atoms with E-state index in [9.17, 15) is 0 Å². The van der Waals surface area contributed by atoms with Crippen molar-refractivity contribution in [1.82, 2.24) is 0 Å². The summed E-state index contributed by atoms with van der Waals surface area (Å²) in [6.07, 6.45) is 4.71. The molecule has 1 nitrogen and oxygen atoms in total. The molecule has 0 aliphatic rings. The van der Waals surface area contributed by atoms with Crippen LogP contribution in [0.4, 0.5) is 0 Å². The lowest BCUT2D eigenvalue weighted by atomic mass is 10.0. The Morgan fingerprint density at radius 3 is 2.42 bits per heavy atom. The minimum Gasteiger partial charge on any atom is -0.262 e. The van der Waals surface area contributed by atoms with Crippen LogP contribution in [0.2, 0.25) is 0 Å². The Morgan fingerprint density at radius 1 is 1.50 bits per heavy atom. The minimum atomic E-state index is 0.603. The van der Waals surface area contributed by atoms with Crippen molar-refractivity contribution in [3.63, 3.8) is 0 Å². The van der Waals surface area contributed by atoms with E-state index in [4.69, 9.17) is 0 Å². The van der Waals surface area contributed by atoms with E-state index in [2.05, 4.69) is 45.3 Å². The highest BCUT2D eigenvalue weighted by Gasteiger charge is 1.97. The summed E-state index contributed by atoms with van der Waals surface area (Å²) in [6, 6.07) is 0. The summed E-state index contributed by atoms with van der Waals surface area (Å²) in [7, 11) is 0. The van der Waals surface area contributed by atoms with Gasteiger partial charge in [0.25, 0.3) is 0 Å². The molecule has 0 spiro atoms. The predicted octanol–water partition coefficient (Wildman–Crippen LogP) is 3.58. The van der Waals surface area contributed by atoms with Crippen molar-refractivity contribution in [1.29, 1.82) is 0 Å². The van der Waals surface area contributed by atoms with E-state index in [0.29, 0.717) is 5.92 Å². The number of rotatable bonds is 4. The molecular formula is C11H19N. The zero-order valence-corrected chi connectivity index (χ0v) is 8.59. The number of hydrogen-bond acceptors (Lipinski definition) is 1. The van der Waals surface area contributed by atoms with Gasteiger partial charge in [-0.05, 0) is 25.3 Å². The van der Waals surface area contributed by atoms with E-state index < -0.39 is 0 Å². The molecule has 1 heteroatoms. The van der Waals surface area contributed by atoms with Gasteiger partial charge in [0.05, 0.1) is 0 Å². The van der Waals surface area contributed by atoms with E-state index >= 15 is 0 Å². The van der Waals surface area contributed by atoms with Crippen LogP contribution in [-0.2, 0) is 0 Å². The standard InChI is InChI=1S/C11H19N/c1-6-11(12-7-2)8-10(5)9(3)4/h7-9H,2,6H2,1,3-5H3/b10-8+,12-11?. The molecule has 12 heavy (non-hydrogen) atoms. The van der Waals surface area contributed by atoms with E-state index in [1.807, 2.05) is 0 Å². The highest BCUT2D eigenvalue weighted by molar-refractivity contribution is 5.95. The molecular weight excluding hydrogens is 146 g/mol. The molecule has 0 aliphatic heterocycles. The second kappa shape index (κ2) is 5.76. The van der Waals surface area contributed by atoms with Crippen LogP contribution in [0.25, 0.3) is 0 Å². The van der Waals surface area contributed by atoms with Gasteiger partial charge < -0.3 is 0 Å². The van der Waals surface area contributed by atoms with Crippen LogP contribution in [0.3, 0.4) is 0 Å². The number of aliphatic imine (C=N–C) groups is 1. The first-order valence-corrected chi connectivity index (χ1v) is 4.47. The van der Waals surface area contributed by atoms with E-state index in [-0.39, 0.29) is 0 Å². The van der Waals surface area contributed by atoms with E-state index in [1.165, 1.54) is 5.57 Å². The fraction of sp³-hybridized carbons (Fsp3) is 0.545. The molecule has 0 amide bonds. The quantitative estimate of drug-likeness (QED) is 0.564. The maximum absolute atomic E-state index is 4.17. The third-order valence-corrected chi connectivity index (χ3v) is 1.92. The normalized spacial score (nSPS) is 13.8. The zero-order chi connectivity index (χ0) is 9.56. The molecule has 0 saturated heterocycles. The second-order valence-electron chi connectivity index (χ2n) is 3.20. The van der Waals surface area contributed by atoms with Crippen molar-refractivity contribution in [2.24, 2.45) is 10.9 Å². The van der Waals surface area contributed by atoms with Gasteiger partial charge in [-0.1, -0.05) is 32.9 Å². The lowest BCUT2D eigenvalue weighted by molar-refractivity contribution is 0.770. The van der Waals surface area contributed by atoms with Gasteiger partial charge in [-0.25, -0.2) is 0 Å². The van der Waals surface area contributed by atoms with Crippen LogP contribution >= 0.6 is 0 Å². The molecule has 0 radical (unpaired) electrons. The first-order valence-electron chi connectivity index (χ1n) is 4.47. The first-order chi connectivity index (χ1) is 5.61. The van der Waals surface area contributed by atoms with Crippen molar-refractivity contribution in [3.8, 4) is 0 Å². The first kappa shape index (κ1) is 11.2. The van der Waals surface area contributed by atoms with E-state index in [1.54, 1.807) is 6.20 Å². The van der Waals surface area contributed by atoms with Gasteiger partial charge in [-0.3, -0.25) is 4.99 Å². The van der Waals surface area contributed by atoms with Crippen molar-refractivity contribution < 1.29 is 0 Å². The Labute approximate surface area is 75.9 Å². The molecule has 0 saturated carbocycles. The Hall–Kier alpha value is -0.850. The van der Waals surface area contributed by atoms with Gasteiger partial charge in [-0.15, -0.1) is 0 Å². The molecule has 0 aromatic carbocycles. The van der Waals surface area contributed by atoms with Crippen LogP contribution in [0.1, 0.15) is 34.1 Å². The van der Waals surface area contributed by atoms with Gasteiger partial charge in [-0.2, -0.15) is 0 Å². The van der Waals surface area contributed by atoms with Gasteiger partial charge in [0.1, 0.15) is 0 Å². The molecule has 0 N–H and O–H groups in total. The molecule has 0 heterocycles. The van der Waals surface area contributed by atoms with Crippen molar-refractivity contribution in [3.05, 3.63) is 24.4 Å². The van der Waals surface area contributed by atoms with Crippen LogP contribution in [0.15, 0.2) is 29.4 Å². The fourth-order valence-corrected chi connectivity index (χ4v) is 0.777. The maximum Gasteiger partial charge on any atom is 0.0400 e. The summed E-state index contributed by atoms with van der Waals surface area (Å²) in [6.45, 7) is 12.2. The largest absolute Gasteiger partial charge is 0.262 e. The average Bonchev–Trinajstić information content (AvgIpc) is 2.03. The number of hydrogen-bond donors (Lipinski definition) is 0. The Balaban J connectivity index is 4.46. The fourth-order valence-electron chi connectivity index (χ4n) is 0.777. The summed E-state index contributed by atoms with van der Waals surface area (Å²) >= 11 is 0. The number of nitrogens with zero attached hydrogens (tertiary/aromatic N) is 1. The Bertz CT molecular complexity index is 197. The molecule has 0 aromatic heterocycles.